The van der Waals surface area contributed by atoms with Crippen LogP contribution in [-0.2, 0) is 4.79 Å². The SMILES string of the molecule is COc1cccc([C@H]2C(C(=O)c3cc4cccc(OC)c4o3)=C(O)C(=O)N2CCN(C)C)c1OC. The number of carbonyl (C=O) groups excluding carboxylic acids is 2. The molecule has 1 aliphatic rings. The van der Waals surface area contributed by atoms with Crippen molar-refractivity contribution in [1.82, 2.24) is 9.80 Å². The first-order chi connectivity index (χ1) is 16.8. The Morgan fingerprint density at radius 2 is 1.74 bits per heavy atom. The summed E-state index contributed by atoms with van der Waals surface area (Å²) in [4.78, 5) is 30.4. The fourth-order valence-electron chi connectivity index (χ4n) is 4.32. The first kappa shape index (κ1) is 24.2. The summed E-state index contributed by atoms with van der Waals surface area (Å²) in [6.45, 7) is 0.788. The molecule has 1 N–H and O–H groups in total. The normalized spacial score (nSPS) is 15.9. The lowest BCUT2D eigenvalue weighted by molar-refractivity contribution is -0.129. The topological polar surface area (TPSA) is 102 Å². The Labute approximate surface area is 203 Å². The number of methoxy groups -OCH3 is 3. The maximum absolute atomic E-state index is 13.8. The molecule has 9 nitrogen and oxygen atoms in total. The minimum atomic E-state index is -0.907. The zero-order valence-electron chi connectivity index (χ0n) is 20.3. The zero-order valence-corrected chi connectivity index (χ0v) is 20.3. The Balaban J connectivity index is 1.87. The standard InChI is InChI=1S/C26H28N2O7/c1-27(2)12-13-28-21(16-9-7-11-18(33-4)25(16)34-5)20(23(30)26(28)31)22(29)19-14-15-8-6-10-17(32-3)24(15)35-19/h6-11,14,21,30H,12-13H2,1-5H3/t21-/m0/s1. The predicted octanol–water partition coefficient (Wildman–Crippen LogP) is 3.60. The Bertz CT molecular complexity index is 1310. The number of benzene rings is 2. The van der Waals surface area contributed by atoms with Crippen molar-refractivity contribution in [2.45, 2.75) is 6.04 Å². The lowest BCUT2D eigenvalue weighted by Crippen LogP contribution is -2.36. The van der Waals surface area contributed by atoms with Gasteiger partial charge in [-0.3, -0.25) is 9.59 Å². The third kappa shape index (κ3) is 4.19. The Kier molecular flexibility index (Phi) is 6.70. The molecule has 0 spiro atoms. The van der Waals surface area contributed by atoms with E-state index in [-0.39, 0.29) is 17.9 Å². The number of furan rings is 1. The highest BCUT2D eigenvalue weighted by Gasteiger charge is 2.45. The molecule has 0 fully saturated rings. The number of aliphatic hydroxyl groups is 1. The van der Waals surface area contributed by atoms with Gasteiger partial charge in [-0.15, -0.1) is 0 Å². The second-order valence-corrected chi connectivity index (χ2v) is 8.37. The molecule has 9 heteroatoms. The quantitative estimate of drug-likeness (QED) is 0.464. The maximum Gasteiger partial charge on any atom is 0.290 e. The van der Waals surface area contributed by atoms with Crippen molar-refractivity contribution in [1.29, 1.82) is 0 Å². The molecule has 0 radical (unpaired) electrons. The second kappa shape index (κ2) is 9.71. The Morgan fingerprint density at radius 1 is 1.06 bits per heavy atom. The average Bonchev–Trinajstić information content (AvgIpc) is 3.40. The number of ether oxygens (including phenoxy) is 3. The molecule has 35 heavy (non-hydrogen) atoms. The van der Waals surface area contributed by atoms with Crippen LogP contribution in [0.4, 0.5) is 0 Å². The van der Waals surface area contributed by atoms with Gasteiger partial charge in [0.05, 0.1) is 32.9 Å². The van der Waals surface area contributed by atoms with Crippen molar-refractivity contribution in [3.63, 3.8) is 0 Å². The number of amides is 1. The average molecular weight is 481 g/mol. The van der Waals surface area contributed by atoms with Crippen LogP contribution in [0.15, 0.2) is 58.2 Å². The first-order valence-corrected chi connectivity index (χ1v) is 11.0. The number of fused-ring (bicyclic) bond motifs is 1. The van der Waals surface area contributed by atoms with Crippen LogP contribution < -0.4 is 14.2 Å². The van der Waals surface area contributed by atoms with Gasteiger partial charge >= 0.3 is 0 Å². The van der Waals surface area contributed by atoms with Crippen LogP contribution in [0, 0.1) is 0 Å². The van der Waals surface area contributed by atoms with Crippen molar-refractivity contribution in [3.05, 3.63) is 65.1 Å². The van der Waals surface area contributed by atoms with Gasteiger partial charge in [0.15, 0.2) is 34.4 Å². The fraction of sp³-hybridized carbons (Fsp3) is 0.308. The number of Topliss-reactive ketones (excluding diaryl/α,β-unsaturated/α-hetero) is 1. The van der Waals surface area contributed by atoms with Crippen LogP contribution in [0.3, 0.4) is 0 Å². The summed E-state index contributed by atoms with van der Waals surface area (Å²) in [5.41, 5.74) is 0.834. The van der Waals surface area contributed by atoms with E-state index in [2.05, 4.69) is 0 Å². The number of hydrogen-bond donors (Lipinski definition) is 1. The summed E-state index contributed by atoms with van der Waals surface area (Å²) in [5, 5.41) is 11.6. The van der Waals surface area contributed by atoms with E-state index in [1.54, 1.807) is 42.5 Å². The highest BCUT2D eigenvalue weighted by atomic mass is 16.5. The summed E-state index contributed by atoms with van der Waals surface area (Å²) >= 11 is 0. The lowest BCUT2D eigenvalue weighted by Gasteiger charge is -2.29. The van der Waals surface area contributed by atoms with E-state index in [0.717, 1.165) is 0 Å². The number of nitrogens with zero attached hydrogens (tertiary/aromatic N) is 2. The zero-order chi connectivity index (χ0) is 25.3. The molecular weight excluding hydrogens is 452 g/mol. The van der Waals surface area contributed by atoms with Gasteiger partial charge in [0.2, 0.25) is 5.78 Å². The number of hydrogen-bond acceptors (Lipinski definition) is 8. The number of likely N-dealkylation sites (N-methyl/N-ethyl adjacent to an activating group) is 1. The molecule has 2 heterocycles. The monoisotopic (exact) mass is 480 g/mol. The van der Waals surface area contributed by atoms with Crippen molar-refractivity contribution >= 4 is 22.7 Å². The van der Waals surface area contributed by atoms with Crippen molar-refractivity contribution < 1.29 is 33.3 Å². The molecule has 0 saturated carbocycles. The Hall–Kier alpha value is -3.98. The summed E-state index contributed by atoms with van der Waals surface area (Å²) in [5.74, 6) is -0.585. The van der Waals surface area contributed by atoms with Gasteiger partial charge in [0.1, 0.15) is 0 Å². The largest absolute Gasteiger partial charge is 0.503 e. The Morgan fingerprint density at radius 3 is 2.40 bits per heavy atom. The van der Waals surface area contributed by atoms with Crippen LogP contribution in [0.2, 0.25) is 0 Å². The number of ketones is 1. The number of carbonyl (C=O) groups is 2. The summed E-state index contributed by atoms with van der Waals surface area (Å²) in [6, 6.07) is 11.2. The summed E-state index contributed by atoms with van der Waals surface area (Å²) < 4.78 is 22.2. The third-order valence-electron chi connectivity index (χ3n) is 6.02. The molecule has 0 bridgehead atoms. The highest BCUT2D eigenvalue weighted by Crippen LogP contribution is 2.45. The van der Waals surface area contributed by atoms with Gasteiger partial charge in [-0.1, -0.05) is 24.3 Å². The maximum atomic E-state index is 13.8. The molecule has 4 rings (SSSR count). The molecule has 2 aromatic carbocycles. The van der Waals surface area contributed by atoms with Crippen LogP contribution in [0.1, 0.15) is 22.2 Å². The molecule has 184 valence electrons. The van der Waals surface area contributed by atoms with Crippen molar-refractivity contribution in [3.8, 4) is 17.2 Å². The van der Waals surface area contributed by atoms with Crippen LogP contribution in [0.25, 0.3) is 11.0 Å². The van der Waals surface area contributed by atoms with Crippen molar-refractivity contribution in [2.24, 2.45) is 0 Å². The third-order valence-corrected chi connectivity index (χ3v) is 6.02. The predicted molar refractivity (Wildman–Crippen MR) is 129 cm³/mol. The first-order valence-electron chi connectivity index (χ1n) is 11.0. The van der Waals surface area contributed by atoms with E-state index in [4.69, 9.17) is 18.6 Å². The van der Waals surface area contributed by atoms with E-state index in [0.29, 0.717) is 40.3 Å². The van der Waals surface area contributed by atoms with Gasteiger partial charge in [-0.05, 0) is 32.3 Å². The molecule has 1 aliphatic heterocycles. The van der Waals surface area contributed by atoms with Gasteiger partial charge in [0.25, 0.3) is 5.91 Å². The smallest absolute Gasteiger partial charge is 0.290 e. The van der Waals surface area contributed by atoms with Crippen LogP contribution in [-0.4, -0.2) is 75.1 Å². The van der Waals surface area contributed by atoms with Gasteiger partial charge < -0.3 is 33.5 Å². The van der Waals surface area contributed by atoms with E-state index >= 15 is 0 Å². The highest BCUT2D eigenvalue weighted by molar-refractivity contribution is 6.16. The molecule has 3 aromatic rings. The number of rotatable bonds is 9. The van der Waals surface area contributed by atoms with Gasteiger partial charge in [0, 0.05) is 24.0 Å². The minimum absolute atomic E-state index is 0.0137. The molecule has 0 unspecified atom stereocenters. The van der Waals surface area contributed by atoms with E-state index in [9.17, 15) is 14.7 Å². The molecule has 0 saturated heterocycles. The second-order valence-electron chi connectivity index (χ2n) is 8.37. The van der Waals surface area contributed by atoms with Crippen molar-refractivity contribution in [2.75, 3.05) is 48.5 Å². The molecule has 0 aliphatic carbocycles. The number of para-hydroxylation sites is 2. The summed E-state index contributed by atoms with van der Waals surface area (Å²) in [7, 11) is 8.26. The minimum Gasteiger partial charge on any atom is -0.503 e. The molecular formula is C26H28N2O7. The lowest BCUT2D eigenvalue weighted by atomic mass is 9.94. The van der Waals surface area contributed by atoms with E-state index in [1.807, 2.05) is 19.0 Å². The van der Waals surface area contributed by atoms with E-state index in [1.165, 1.54) is 26.2 Å². The summed E-state index contributed by atoms with van der Waals surface area (Å²) in [6.07, 6.45) is 0. The molecule has 1 amide bonds. The van der Waals surface area contributed by atoms with Crippen LogP contribution in [0.5, 0.6) is 17.2 Å². The fourth-order valence-corrected chi connectivity index (χ4v) is 4.32. The molecule has 1 atom stereocenters. The number of aliphatic hydroxyl groups excluding tert-OH is 1. The van der Waals surface area contributed by atoms with E-state index < -0.39 is 23.5 Å². The van der Waals surface area contributed by atoms with Gasteiger partial charge in [-0.2, -0.15) is 0 Å². The van der Waals surface area contributed by atoms with Gasteiger partial charge in [-0.25, -0.2) is 0 Å². The van der Waals surface area contributed by atoms with Crippen LogP contribution >= 0.6 is 0 Å². The molecule has 1 aromatic heterocycles.